The first kappa shape index (κ1) is 21.8. The van der Waals surface area contributed by atoms with Gasteiger partial charge in [0.2, 0.25) is 0 Å². The number of nitrogens with two attached hydrogens (primary N) is 1. The first-order valence-corrected chi connectivity index (χ1v) is 9.48. The molecule has 0 atom stereocenters. The number of nitrogens with one attached hydrogen (secondary N) is 1. The fourth-order valence-electron chi connectivity index (χ4n) is 2.50. The molecule has 6 nitrogen and oxygen atoms in total. The van der Waals surface area contributed by atoms with Crippen molar-refractivity contribution in [1.82, 2.24) is 5.43 Å². The van der Waals surface area contributed by atoms with Gasteiger partial charge < -0.3 is 19.9 Å². The van der Waals surface area contributed by atoms with Crippen LogP contribution in [0.1, 0.15) is 23.1 Å². The Morgan fingerprint density at radius 1 is 1.18 bits per heavy atom. The summed E-state index contributed by atoms with van der Waals surface area (Å²) in [6.45, 7) is 5.07. The van der Waals surface area contributed by atoms with Crippen LogP contribution in [0.3, 0.4) is 0 Å². The van der Waals surface area contributed by atoms with Crippen LogP contribution in [0.5, 0.6) is 17.2 Å². The Kier molecular flexibility index (Phi) is 8.35. The second-order valence-electron chi connectivity index (χ2n) is 6.09. The van der Waals surface area contributed by atoms with Crippen molar-refractivity contribution < 1.29 is 14.2 Å². The SMILES string of the molecule is COc1cc(/C=N\NC(N)=S)cc(Cl)c1OCCCOc1ccc(C)cc1C. The van der Waals surface area contributed by atoms with Crippen LogP contribution < -0.4 is 25.4 Å². The minimum Gasteiger partial charge on any atom is -0.493 e. The van der Waals surface area contributed by atoms with Gasteiger partial charge in [-0.2, -0.15) is 5.10 Å². The molecule has 0 aliphatic heterocycles. The number of benzene rings is 2. The molecule has 0 heterocycles. The second-order valence-corrected chi connectivity index (χ2v) is 6.93. The minimum absolute atomic E-state index is 0.0808. The first-order valence-electron chi connectivity index (χ1n) is 8.69. The molecule has 0 radical (unpaired) electrons. The molecule has 0 unspecified atom stereocenters. The van der Waals surface area contributed by atoms with Crippen LogP contribution >= 0.6 is 23.8 Å². The highest BCUT2D eigenvalue weighted by atomic mass is 35.5. The van der Waals surface area contributed by atoms with E-state index < -0.39 is 0 Å². The molecule has 150 valence electrons. The second kappa shape index (κ2) is 10.7. The molecule has 0 bridgehead atoms. The van der Waals surface area contributed by atoms with E-state index in [1.807, 2.05) is 19.1 Å². The quantitative estimate of drug-likeness (QED) is 0.276. The van der Waals surface area contributed by atoms with Gasteiger partial charge in [0, 0.05) is 6.42 Å². The molecule has 0 aliphatic carbocycles. The van der Waals surface area contributed by atoms with E-state index in [0.29, 0.717) is 36.2 Å². The number of thiocarbonyl (C=S) groups is 1. The van der Waals surface area contributed by atoms with Gasteiger partial charge >= 0.3 is 0 Å². The van der Waals surface area contributed by atoms with E-state index >= 15 is 0 Å². The maximum Gasteiger partial charge on any atom is 0.184 e. The third kappa shape index (κ3) is 6.58. The number of methoxy groups -OCH3 is 1. The lowest BCUT2D eigenvalue weighted by molar-refractivity contribution is 0.240. The normalized spacial score (nSPS) is 10.7. The van der Waals surface area contributed by atoms with Crippen molar-refractivity contribution in [3.05, 3.63) is 52.0 Å². The first-order chi connectivity index (χ1) is 13.4. The summed E-state index contributed by atoms with van der Waals surface area (Å²) in [5.41, 5.74) is 10.9. The Hall–Kier alpha value is -2.51. The molecular weight excluding hydrogens is 398 g/mol. The molecule has 0 spiro atoms. The summed E-state index contributed by atoms with van der Waals surface area (Å²) in [5.74, 6) is 1.88. The molecule has 0 saturated heterocycles. The summed E-state index contributed by atoms with van der Waals surface area (Å²) >= 11 is 11.0. The summed E-state index contributed by atoms with van der Waals surface area (Å²) in [4.78, 5) is 0. The average molecular weight is 422 g/mol. The number of halogens is 1. The Labute approximate surface area is 175 Å². The smallest absolute Gasteiger partial charge is 0.184 e. The van der Waals surface area contributed by atoms with Crippen molar-refractivity contribution in [3.8, 4) is 17.2 Å². The Bertz CT molecular complexity index is 859. The molecule has 8 heteroatoms. The van der Waals surface area contributed by atoms with Crippen molar-refractivity contribution in [3.63, 3.8) is 0 Å². The van der Waals surface area contributed by atoms with Crippen LogP contribution in [-0.4, -0.2) is 31.7 Å². The lowest BCUT2D eigenvalue weighted by Gasteiger charge is -2.14. The van der Waals surface area contributed by atoms with Gasteiger partial charge in [-0.15, -0.1) is 0 Å². The number of rotatable bonds is 9. The van der Waals surface area contributed by atoms with Crippen molar-refractivity contribution >= 4 is 35.1 Å². The molecule has 0 aromatic heterocycles. The van der Waals surface area contributed by atoms with E-state index in [1.165, 1.54) is 11.8 Å². The zero-order valence-corrected chi connectivity index (χ0v) is 17.7. The standard InChI is InChI=1S/C20H24ClN3O3S/c1-13-5-6-17(14(2)9-13)26-7-4-8-27-19-16(21)10-15(11-18(19)25-3)12-23-24-20(22)28/h5-6,9-12H,4,7-8H2,1-3H3,(H3,22,24,28)/b23-12-. The fraction of sp³-hybridized carbons (Fsp3) is 0.300. The van der Waals surface area contributed by atoms with Crippen molar-refractivity contribution in [2.24, 2.45) is 10.8 Å². The highest BCUT2D eigenvalue weighted by Gasteiger charge is 2.11. The molecule has 0 saturated carbocycles. The third-order valence-corrected chi connectivity index (χ3v) is 4.14. The summed E-state index contributed by atoms with van der Waals surface area (Å²) in [5, 5.41) is 4.41. The van der Waals surface area contributed by atoms with Gasteiger partial charge in [0.15, 0.2) is 16.6 Å². The van der Waals surface area contributed by atoms with Crippen molar-refractivity contribution in [2.75, 3.05) is 20.3 Å². The molecule has 2 rings (SSSR count). The van der Waals surface area contributed by atoms with Gasteiger partial charge in [-0.3, -0.25) is 5.43 Å². The maximum absolute atomic E-state index is 6.33. The predicted octanol–water partition coefficient (Wildman–Crippen LogP) is 3.98. The minimum atomic E-state index is 0.0808. The van der Waals surface area contributed by atoms with Crippen LogP contribution in [0.15, 0.2) is 35.4 Å². The van der Waals surface area contributed by atoms with Crippen molar-refractivity contribution in [1.29, 1.82) is 0 Å². The van der Waals surface area contributed by atoms with E-state index in [2.05, 4.69) is 23.5 Å². The molecule has 2 aromatic rings. The number of ether oxygens (including phenoxy) is 3. The molecule has 0 fully saturated rings. The van der Waals surface area contributed by atoms with Crippen LogP contribution in [0, 0.1) is 13.8 Å². The van der Waals surface area contributed by atoms with E-state index in [4.69, 9.17) is 43.8 Å². The molecule has 0 aliphatic rings. The average Bonchev–Trinajstić information content (AvgIpc) is 2.63. The molecule has 3 N–H and O–H groups in total. The number of aryl methyl sites for hydroxylation is 2. The van der Waals surface area contributed by atoms with Gasteiger partial charge in [-0.05, 0) is 55.4 Å². The molecular formula is C20H24ClN3O3S. The lowest BCUT2D eigenvalue weighted by atomic mass is 10.1. The van der Waals surface area contributed by atoms with Crippen LogP contribution in [0.25, 0.3) is 0 Å². The van der Waals surface area contributed by atoms with Crippen LogP contribution in [-0.2, 0) is 0 Å². The number of hydrazone groups is 1. The Morgan fingerprint density at radius 2 is 1.93 bits per heavy atom. The van der Waals surface area contributed by atoms with E-state index in [0.717, 1.165) is 16.9 Å². The number of hydrogen-bond donors (Lipinski definition) is 2. The zero-order chi connectivity index (χ0) is 20.5. The summed E-state index contributed by atoms with van der Waals surface area (Å²) in [6.07, 6.45) is 2.24. The van der Waals surface area contributed by atoms with Gasteiger partial charge in [-0.25, -0.2) is 0 Å². The summed E-state index contributed by atoms with van der Waals surface area (Å²) < 4.78 is 17.0. The van der Waals surface area contributed by atoms with Crippen LogP contribution in [0.4, 0.5) is 0 Å². The monoisotopic (exact) mass is 421 g/mol. The van der Waals surface area contributed by atoms with E-state index in [-0.39, 0.29) is 5.11 Å². The van der Waals surface area contributed by atoms with Gasteiger partial charge in [0.05, 0.1) is 31.6 Å². The molecule has 28 heavy (non-hydrogen) atoms. The number of nitrogens with zero attached hydrogens (tertiary/aromatic N) is 1. The highest BCUT2D eigenvalue weighted by Crippen LogP contribution is 2.36. The van der Waals surface area contributed by atoms with Gasteiger partial charge in [0.25, 0.3) is 0 Å². The third-order valence-electron chi connectivity index (χ3n) is 3.76. The summed E-state index contributed by atoms with van der Waals surface area (Å²) in [7, 11) is 1.55. The zero-order valence-electron chi connectivity index (χ0n) is 16.1. The molecule has 0 amide bonds. The number of hydrogen-bond acceptors (Lipinski definition) is 5. The Balaban J connectivity index is 1.90. The Morgan fingerprint density at radius 3 is 2.61 bits per heavy atom. The predicted molar refractivity (Wildman–Crippen MR) is 117 cm³/mol. The van der Waals surface area contributed by atoms with Gasteiger partial charge in [-0.1, -0.05) is 29.3 Å². The van der Waals surface area contributed by atoms with E-state index in [1.54, 1.807) is 19.2 Å². The summed E-state index contributed by atoms with van der Waals surface area (Å²) in [6, 6.07) is 9.59. The molecule has 2 aromatic carbocycles. The fourth-order valence-corrected chi connectivity index (χ4v) is 2.83. The largest absolute Gasteiger partial charge is 0.493 e. The van der Waals surface area contributed by atoms with Gasteiger partial charge in [0.1, 0.15) is 5.75 Å². The lowest BCUT2D eigenvalue weighted by Crippen LogP contribution is -2.23. The van der Waals surface area contributed by atoms with E-state index in [9.17, 15) is 0 Å². The highest BCUT2D eigenvalue weighted by molar-refractivity contribution is 7.80. The maximum atomic E-state index is 6.33. The topological polar surface area (TPSA) is 78.1 Å². The van der Waals surface area contributed by atoms with Crippen molar-refractivity contribution in [2.45, 2.75) is 20.3 Å². The van der Waals surface area contributed by atoms with Crippen LogP contribution in [0.2, 0.25) is 5.02 Å².